The highest BCUT2D eigenvalue weighted by Gasteiger charge is 2.39. The Morgan fingerprint density at radius 3 is 2.45 bits per heavy atom. The Balaban J connectivity index is 1.69. The molecule has 9 heteroatoms. The summed E-state index contributed by atoms with van der Waals surface area (Å²) in [6.45, 7) is 5.53. The van der Waals surface area contributed by atoms with Crippen LogP contribution in [0.2, 0.25) is 5.02 Å². The average Bonchev–Trinajstić information content (AvgIpc) is 3.20. The molecule has 1 aromatic heterocycles. The molecule has 1 aliphatic heterocycles. The lowest BCUT2D eigenvalue weighted by Gasteiger charge is -2.21. The van der Waals surface area contributed by atoms with E-state index in [2.05, 4.69) is 16.0 Å². The van der Waals surface area contributed by atoms with E-state index in [9.17, 15) is 14.4 Å². The molecule has 1 atom stereocenters. The zero-order chi connectivity index (χ0) is 21.1. The van der Waals surface area contributed by atoms with E-state index in [0.29, 0.717) is 27.6 Å². The lowest BCUT2D eigenvalue weighted by molar-refractivity contribution is 0.0941. The normalized spacial score (nSPS) is 15.8. The molecule has 0 fully saturated rings. The van der Waals surface area contributed by atoms with Gasteiger partial charge in [0.25, 0.3) is 16.8 Å². The van der Waals surface area contributed by atoms with Crippen LogP contribution in [0.15, 0.2) is 38.3 Å². The first-order valence-electron chi connectivity index (χ1n) is 9.19. The molecule has 148 valence electrons. The summed E-state index contributed by atoms with van der Waals surface area (Å²) >= 11 is 6.32. The third kappa shape index (κ3) is 3.04. The number of nitrogens with one attached hydrogen (secondary N) is 3. The molecule has 0 spiro atoms. The standard InChI is InChI=1S/C20H19BClN3O4/c1-8-4-7-11(29-8)18(21)24-15-14(16(26)17(15)27)23-10-6-5-9(22)13-12(10)19(28)25-20(13,2)3/h4-7,18,23-24H,21H2,1-3H3,(H,25,28). The van der Waals surface area contributed by atoms with Crippen molar-refractivity contribution in [2.24, 2.45) is 0 Å². The molecule has 1 unspecified atom stereocenters. The van der Waals surface area contributed by atoms with Crippen LogP contribution in [-0.4, -0.2) is 13.8 Å². The van der Waals surface area contributed by atoms with Crippen molar-refractivity contribution in [3.05, 3.63) is 72.4 Å². The number of halogens is 1. The van der Waals surface area contributed by atoms with Crippen molar-refractivity contribution in [1.82, 2.24) is 5.32 Å². The molecule has 0 saturated heterocycles. The van der Waals surface area contributed by atoms with Crippen molar-refractivity contribution >= 4 is 42.4 Å². The van der Waals surface area contributed by atoms with Gasteiger partial charge in [-0.05, 0) is 45.0 Å². The van der Waals surface area contributed by atoms with Gasteiger partial charge in [-0.15, -0.1) is 0 Å². The molecular formula is C20H19BClN3O4. The Morgan fingerprint density at radius 2 is 1.79 bits per heavy atom. The maximum atomic E-state index is 12.5. The van der Waals surface area contributed by atoms with E-state index in [-0.39, 0.29) is 23.2 Å². The van der Waals surface area contributed by atoms with Crippen LogP contribution in [0.4, 0.5) is 17.1 Å². The van der Waals surface area contributed by atoms with E-state index >= 15 is 0 Å². The second-order valence-electron chi connectivity index (χ2n) is 7.77. The maximum Gasteiger partial charge on any atom is 0.254 e. The first kappa shape index (κ1) is 19.3. The van der Waals surface area contributed by atoms with Gasteiger partial charge in [-0.25, -0.2) is 0 Å². The SMILES string of the molecule is BC(Nc1c(Nc2ccc(Cl)c3c2C(=O)NC3(C)C)c(=O)c1=O)c1ccc(C)o1. The smallest absolute Gasteiger partial charge is 0.254 e. The Labute approximate surface area is 172 Å². The third-order valence-electron chi connectivity index (χ3n) is 5.15. The largest absolute Gasteiger partial charge is 0.465 e. The molecule has 3 aromatic rings. The highest BCUT2D eigenvalue weighted by Crippen LogP contribution is 2.41. The summed E-state index contributed by atoms with van der Waals surface area (Å²) in [5, 5.41) is 9.33. The fraction of sp³-hybridized carbons (Fsp3) is 0.250. The van der Waals surface area contributed by atoms with Crippen LogP contribution >= 0.6 is 11.6 Å². The Hall–Kier alpha value is -3.00. The predicted octanol–water partition coefficient (Wildman–Crippen LogP) is 2.30. The minimum Gasteiger partial charge on any atom is -0.465 e. The van der Waals surface area contributed by atoms with Gasteiger partial charge in [0.1, 0.15) is 30.7 Å². The molecule has 3 N–H and O–H groups in total. The number of rotatable bonds is 5. The number of fused-ring (bicyclic) bond motifs is 1. The molecular weight excluding hydrogens is 393 g/mol. The second kappa shape index (κ2) is 6.52. The summed E-state index contributed by atoms with van der Waals surface area (Å²) in [7, 11) is 1.83. The number of anilines is 3. The van der Waals surface area contributed by atoms with E-state index in [0.717, 1.165) is 5.76 Å². The summed E-state index contributed by atoms with van der Waals surface area (Å²) < 4.78 is 5.57. The van der Waals surface area contributed by atoms with Crippen molar-refractivity contribution in [2.75, 3.05) is 10.6 Å². The van der Waals surface area contributed by atoms with Crippen LogP contribution in [0.25, 0.3) is 0 Å². The van der Waals surface area contributed by atoms with Crippen molar-refractivity contribution < 1.29 is 9.21 Å². The Bertz CT molecular complexity index is 1220. The molecule has 2 aromatic carbocycles. The van der Waals surface area contributed by atoms with E-state index in [1.807, 2.05) is 40.8 Å². The summed E-state index contributed by atoms with van der Waals surface area (Å²) in [6, 6.07) is 6.93. The summed E-state index contributed by atoms with van der Waals surface area (Å²) in [5.74, 6) is 0.797. The van der Waals surface area contributed by atoms with Crippen molar-refractivity contribution in [2.45, 2.75) is 32.3 Å². The summed E-state index contributed by atoms with van der Waals surface area (Å²) in [6.07, 6.45) is 0. The van der Waals surface area contributed by atoms with Gasteiger partial charge in [0.15, 0.2) is 0 Å². The first-order valence-corrected chi connectivity index (χ1v) is 9.56. The van der Waals surface area contributed by atoms with Crippen LogP contribution in [0.5, 0.6) is 0 Å². The van der Waals surface area contributed by atoms with E-state index in [1.54, 1.807) is 12.1 Å². The maximum absolute atomic E-state index is 12.5. The minimum atomic E-state index is -0.642. The molecule has 7 nitrogen and oxygen atoms in total. The van der Waals surface area contributed by atoms with E-state index in [4.69, 9.17) is 16.0 Å². The molecule has 0 radical (unpaired) electrons. The topological polar surface area (TPSA) is 100 Å². The summed E-state index contributed by atoms with van der Waals surface area (Å²) in [4.78, 5) is 36.9. The molecule has 0 aliphatic carbocycles. The number of hydrogen-bond acceptors (Lipinski definition) is 6. The average molecular weight is 412 g/mol. The number of amides is 1. The zero-order valence-electron chi connectivity index (χ0n) is 16.4. The van der Waals surface area contributed by atoms with Crippen molar-refractivity contribution in [1.29, 1.82) is 0 Å². The molecule has 1 amide bonds. The lowest BCUT2D eigenvalue weighted by atomic mass is 9.92. The number of aryl methyl sites for hydroxylation is 1. The summed E-state index contributed by atoms with van der Waals surface area (Å²) in [5.41, 5.74) is -0.163. The molecule has 1 aliphatic rings. The first-order chi connectivity index (χ1) is 13.6. The van der Waals surface area contributed by atoms with Crippen LogP contribution in [0.1, 0.15) is 47.2 Å². The molecule has 29 heavy (non-hydrogen) atoms. The Morgan fingerprint density at radius 1 is 1.10 bits per heavy atom. The van der Waals surface area contributed by atoms with Gasteiger partial charge >= 0.3 is 0 Å². The number of hydrogen-bond donors (Lipinski definition) is 3. The molecule has 0 bridgehead atoms. The van der Waals surface area contributed by atoms with Gasteiger partial charge in [0, 0.05) is 10.6 Å². The van der Waals surface area contributed by atoms with Crippen LogP contribution in [0.3, 0.4) is 0 Å². The van der Waals surface area contributed by atoms with E-state index in [1.165, 1.54) is 0 Å². The van der Waals surface area contributed by atoms with Gasteiger partial charge in [0.2, 0.25) is 0 Å². The van der Waals surface area contributed by atoms with Gasteiger partial charge in [0.05, 0.1) is 22.7 Å². The molecule has 0 saturated carbocycles. The van der Waals surface area contributed by atoms with Crippen LogP contribution in [-0.2, 0) is 5.54 Å². The highest BCUT2D eigenvalue weighted by atomic mass is 35.5. The number of furan rings is 1. The van der Waals surface area contributed by atoms with Crippen LogP contribution in [0, 0.1) is 6.92 Å². The highest BCUT2D eigenvalue weighted by molar-refractivity contribution is 6.32. The molecule has 2 heterocycles. The fourth-order valence-electron chi connectivity index (χ4n) is 3.69. The van der Waals surface area contributed by atoms with Gasteiger partial charge in [-0.2, -0.15) is 0 Å². The predicted molar refractivity (Wildman–Crippen MR) is 115 cm³/mol. The second-order valence-corrected chi connectivity index (χ2v) is 8.18. The van der Waals surface area contributed by atoms with Crippen LogP contribution < -0.4 is 26.8 Å². The fourth-order valence-corrected chi connectivity index (χ4v) is 4.09. The zero-order valence-corrected chi connectivity index (χ0v) is 17.2. The molecule has 4 rings (SSSR count). The number of benzene rings is 1. The Kier molecular flexibility index (Phi) is 4.35. The van der Waals surface area contributed by atoms with Crippen molar-refractivity contribution in [3.8, 4) is 0 Å². The van der Waals surface area contributed by atoms with Gasteiger partial charge < -0.3 is 20.4 Å². The van der Waals surface area contributed by atoms with Crippen molar-refractivity contribution in [3.63, 3.8) is 0 Å². The monoisotopic (exact) mass is 411 g/mol. The quantitative estimate of drug-likeness (QED) is 0.440. The number of carbonyl (C=O) groups is 1. The van der Waals surface area contributed by atoms with E-state index < -0.39 is 16.4 Å². The lowest BCUT2D eigenvalue weighted by Crippen LogP contribution is -2.37. The minimum absolute atomic E-state index is 0.118. The third-order valence-corrected chi connectivity index (χ3v) is 5.47. The van der Waals surface area contributed by atoms with Gasteiger partial charge in [-0.3, -0.25) is 14.4 Å². The number of carbonyl (C=O) groups excluding carboxylic acids is 1. The van der Waals surface area contributed by atoms with Gasteiger partial charge in [-0.1, -0.05) is 11.6 Å².